The summed E-state index contributed by atoms with van der Waals surface area (Å²) in [6.45, 7) is 6.80. The molecule has 1 heterocycles. The van der Waals surface area contributed by atoms with Crippen LogP contribution in [0.5, 0.6) is 0 Å². The smallest absolute Gasteiger partial charge is 0.0949 e. The second kappa shape index (κ2) is 8.38. The molecule has 2 atom stereocenters. The van der Waals surface area contributed by atoms with E-state index < -0.39 is 0 Å². The fraction of sp³-hybridized carbons (Fsp3) is 1.00. The van der Waals surface area contributed by atoms with Gasteiger partial charge in [0.1, 0.15) is 0 Å². The van der Waals surface area contributed by atoms with E-state index in [-0.39, 0.29) is 11.2 Å². The van der Waals surface area contributed by atoms with E-state index in [1.165, 1.54) is 64.2 Å². The van der Waals surface area contributed by atoms with Crippen molar-refractivity contribution in [3.05, 3.63) is 0 Å². The molecule has 120 valence electrons. The van der Waals surface area contributed by atoms with Gasteiger partial charge in [-0.3, -0.25) is 0 Å². The average Bonchev–Trinajstić information content (AvgIpc) is 3.04. The molecule has 2 unspecified atom stereocenters. The van der Waals surface area contributed by atoms with Crippen molar-refractivity contribution >= 4 is 0 Å². The molecule has 0 bridgehead atoms. The zero-order valence-electron chi connectivity index (χ0n) is 14.5. The molecule has 20 heavy (non-hydrogen) atoms. The molecular formula is C18H36O2. The molecule has 0 amide bonds. The van der Waals surface area contributed by atoms with E-state index in [4.69, 9.17) is 4.74 Å². The van der Waals surface area contributed by atoms with Gasteiger partial charge in [0, 0.05) is 14.2 Å². The van der Waals surface area contributed by atoms with E-state index >= 15 is 0 Å². The SMILES string of the molecule is CC12CCCCC1(C)O2.CCC1CCCCC1.COC. The molecule has 3 rings (SSSR count). The third-order valence-electron chi connectivity index (χ3n) is 5.39. The standard InChI is InChI=1S/C8H14O.C8H16.C2H6O/c1-7-5-3-4-6-8(7,2)9-7;1-2-8-6-4-3-5-7-8;1-3-2/h3-6H2,1-2H3;8H,2-7H2,1H3;1-2H3. The van der Waals surface area contributed by atoms with Crippen LogP contribution in [0.4, 0.5) is 0 Å². The summed E-state index contributed by atoms with van der Waals surface area (Å²) in [5.74, 6) is 1.09. The fourth-order valence-corrected chi connectivity index (χ4v) is 3.62. The van der Waals surface area contributed by atoms with Gasteiger partial charge < -0.3 is 9.47 Å². The third-order valence-corrected chi connectivity index (χ3v) is 5.39. The molecule has 0 N–H and O–H groups in total. The quantitative estimate of drug-likeness (QED) is 0.606. The van der Waals surface area contributed by atoms with Gasteiger partial charge >= 0.3 is 0 Å². The van der Waals surface area contributed by atoms with Crippen molar-refractivity contribution in [2.45, 2.75) is 96.2 Å². The summed E-state index contributed by atoms with van der Waals surface area (Å²) in [4.78, 5) is 0. The summed E-state index contributed by atoms with van der Waals surface area (Å²) in [7, 11) is 3.25. The Hall–Kier alpha value is -0.0800. The molecule has 0 spiro atoms. The summed E-state index contributed by atoms with van der Waals surface area (Å²) < 4.78 is 9.90. The Kier molecular flexibility index (Phi) is 7.53. The van der Waals surface area contributed by atoms with Gasteiger partial charge in [0.25, 0.3) is 0 Å². The molecule has 2 saturated carbocycles. The van der Waals surface area contributed by atoms with Crippen molar-refractivity contribution in [2.75, 3.05) is 14.2 Å². The number of hydrogen-bond donors (Lipinski definition) is 0. The Morgan fingerprint density at radius 1 is 0.900 bits per heavy atom. The molecule has 0 radical (unpaired) electrons. The van der Waals surface area contributed by atoms with Gasteiger partial charge in [0.15, 0.2) is 0 Å². The van der Waals surface area contributed by atoms with Gasteiger partial charge in [-0.2, -0.15) is 0 Å². The Balaban J connectivity index is 0.000000169. The summed E-state index contributed by atoms with van der Waals surface area (Å²) in [6.07, 6.45) is 14.2. The maximum Gasteiger partial charge on any atom is 0.0949 e. The maximum absolute atomic E-state index is 5.65. The summed E-state index contributed by atoms with van der Waals surface area (Å²) in [5, 5.41) is 0. The van der Waals surface area contributed by atoms with E-state index in [1.54, 1.807) is 14.2 Å². The van der Waals surface area contributed by atoms with Crippen LogP contribution in [0.25, 0.3) is 0 Å². The first kappa shape index (κ1) is 18.0. The fourth-order valence-electron chi connectivity index (χ4n) is 3.62. The highest BCUT2D eigenvalue weighted by Gasteiger charge is 2.63. The van der Waals surface area contributed by atoms with E-state index in [0.29, 0.717) is 0 Å². The topological polar surface area (TPSA) is 21.8 Å². The molecule has 1 aliphatic heterocycles. The van der Waals surface area contributed by atoms with Gasteiger partial charge in [-0.25, -0.2) is 0 Å². The lowest BCUT2D eigenvalue weighted by atomic mass is 9.82. The zero-order valence-corrected chi connectivity index (χ0v) is 14.5. The van der Waals surface area contributed by atoms with E-state index in [2.05, 4.69) is 25.5 Å². The number of epoxide rings is 1. The summed E-state index contributed by atoms with van der Waals surface area (Å²) in [5.41, 5.74) is 0.566. The van der Waals surface area contributed by atoms with Gasteiger partial charge in [0.2, 0.25) is 0 Å². The highest BCUT2D eigenvalue weighted by molar-refractivity contribution is 5.12. The predicted molar refractivity (Wildman–Crippen MR) is 86.2 cm³/mol. The molecular weight excluding hydrogens is 248 g/mol. The van der Waals surface area contributed by atoms with Gasteiger partial charge in [-0.05, 0) is 32.6 Å². The van der Waals surface area contributed by atoms with Crippen LogP contribution in [0.1, 0.15) is 85.0 Å². The van der Waals surface area contributed by atoms with Crippen molar-refractivity contribution in [2.24, 2.45) is 5.92 Å². The van der Waals surface area contributed by atoms with E-state index in [9.17, 15) is 0 Å². The lowest BCUT2D eigenvalue weighted by Gasteiger charge is -2.18. The van der Waals surface area contributed by atoms with Crippen molar-refractivity contribution in [1.82, 2.24) is 0 Å². The molecule has 0 aromatic carbocycles. The largest absolute Gasteiger partial charge is 0.388 e. The first-order valence-corrected chi connectivity index (χ1v) is 8.61. The normalized spacial score (nSPS) is 35.9. The minimum atomic E-state index is 0.283. The molecule has 0 aromatic heterocycles. The van der Waals surface area contributed by atoms with Crippen LogP contribution in [-0.4, -0.2) is 25.4 Å². The first-order valence-electron chi connectivity index (χ1n) is 8.61. The highest BCUT2D eigenvalue weighted by atomic mass is 16.6. The highest BCUT2D eigenvalue weighted by Crippen LogP contribution is 2.56. The minimum absolute atomic E-state index is 0.283. The number of methoxy groups -OCH3 is 1. The van der Waals surface area contributed by atoms with Gasteiger partial charge in [-0.1, -0.05) is 58.3 Å². The molecule has 3 fully saturated rings. The molecule has 2 nitrogen and oxygen atoms in total. The van der Waals surface area contributed by atoms with Gasteiger partial charge in [0.05, 0.1) is 11.2 Å². The van der Waals surface area contributed by atoms with Crippen LogP contribution in [-0.2, 0) is 9.47 Å². The molecule has 2 aliphatic carbocycles. The van der Waals surface area contributed by atoms with Crippen LogP contribution in [0, 0.1) is 5.92 Å². The Labute approximate surface area is 126 Å². The molecule has 0 aromatic rings. The Bertz CT molecular complexity index is 236. The first-order chi connectivity index (χ1) is 9.51. The van der Waals surface area contributed by atoms with Crippen LogP contribution in [0.2, 0.25) is 0 Å². The lowest BCUT2D eigenvalue weighted by molar-refractivity contribution is 0.277. The third kappa shape index (κ3) is 5.04. The second-order valence-corrected chi connectivity index (χ2v) is 7.09. The number of rotatable bonds is 1. The lowest BCUT2D eigenvalue weighted by Crippen LogP contribution is -2.23. The van der Waals surface area contributed by atoms with Crippen LogP contribution in [0.15, 0.2) is 0 Å². The van der Waals surface area contributed by atoms with E-state index in [0.717, 1.165) is 5.92 Å². The monoisotopic (exact) mass is 284 g/mol. The Morgan fingerprint density at radius 3 is 1.65 bits per heavy atom. The number of ether oxygens (including phenoxy) is 2. The average molecular weight is 284 g/mol. The maximum atomic E-state index is 5.65. The number of hydrogen-bond acceptors (Lipinski definition) is 2. The summed E-state index contributed by atoms with van der Waals surface area (Å²) in [6, 6.07) is 0. The van der Waals surface area contributed by atoms with Crippen molar-refractivity contribution in [1.29, 1.82) is 0 Å². The second-order valence-electron chi connectivity index (χ2n) is 7.09. The van der Waals surface area contributed by atoms with E-state index in [1.807, 2.05) is 0 Å². The minimum Gasteiger partial charge on any atom is -0.388 e. The van der Waals surface area contributed by atoms with Crippen LogP contribution >= 0.6 is 0 Å². The van der Waals surface area contributed by atoms with Crippen LogP contribution in [0.3, 0.4) is 0 Å². The number of fused-ring (bicyclic) bond motifs is 1. The zero-order chi connectivity index (χ0) is 15.1. The van der Waals surface area contributed by atoms with Gasteiger partial charge in [-0.15, -0.1) is 0 Å². The molecule has 1 saturated heterocycles. The Morgan fingerprint density at radius 2 is 1.35 bits per heavy atom. The van der Waals surface area contributed by atoms with Crippen molar-refractivity contribution in [3.8, 4) is 0 Å². The molecule has 2 heteroatoms. The summed E-state index contributed by atoms with van der Waals surface area (Å²) >= 11 is 0. The van der Waals surface area contributed by atoms with Crippen molar-refractivity contribution < 1.29 is 9.47 Å². The molecule has 3 aliphatic rings. The van der Waals surface area contributed by atoms with Crippen molar-refractivity contribution in [3.63, 3.8) is 0 Å². The predicted octanol–water partition coefficient (Wildman–Crippen LogP) is 5.35. The van der Waals surface area contributed by atoms with Crippen LogP contribution < -0.4 is 0 Å².